The summed E-state index contributed by atoms with van der Waals surface area (Å²) in [4.78, 5) is 8.12. The highest BCUT2D eigenvalue weighted by Crippen LogP contribution is 2.27. The smallest absolute Gasteiger partial charge is 0.109 e. The number of nitrogens with one attached hydrogen (secondary N) is 2. The molecule has 1 fully saturated rings. The molecule has 3 nitrogen and oxygen atoms in total. The van der Waals surface area contributed by atoms with Crippen LogP contribution in [0, 0.1) is 13.8 Å². The summed E-state index contributed by atoms with van der Waals surface area (Å²) in [6, 6.07) is 6.57. The Morgan fingerprint density at radius 1 is 1.16 bits per heavy atom. The van der Waals surface area contributed by atoms with Crippen LogP contribution >= 0.6 is 0 Å². The molecular weight excluding hydrogens is 234 g/mol. The molecule has 1 aliphatic heterocycles. The molecule has 100 valence electrons. The van der Waals surface area contributed by atoms with Gasteiger partial charge in [0.05, 0.1) is 11.9 Å². The first-order valence-electron chi connectivity index (χ1n) is 7.07. The molecular formula is C16H21N3. The minimum Gasteiger partial charge on any atom is -0.342 e. The number of hydrogen-bond donors (Lipinski definition) is 2. The fourth-order valence-corrected chi connectivity index (χ4v) is 2.89. The molecule has 0 aliphatic carbocycles. The lowest BCUT2D eigenvalue weighted by Crippen LogP contribution is -2.27. The summed E-state index contributed by atoms with van der Waals surface area (Å²) < 4.78 is 0. The van der Waals surface area contributed by atoms with Gasteiger partial charge in [-0.1, -0.05) is 23.8 Å². The van der Waals surface area contributed by atoms with Crippen LogP contribution in [0.25, 0.3) is 11.3 Å². The van der Waals surface area contributed by atoms with Gasteiger partial charge < -0.3 is 10.3 Å². The Balaban J connectivity index is 1.87. The van der Waals surface area contributed by atoms with Crippen LogP contribution in [0.2, 0.25) is 0 Å². The number of benzene rings is 1. The van der Waals surface area contributed by atoms with E-state index in [9.17, 15) is 0 Å². The number of imidazole rings is 1. The van der Waals surface area contributed by atoms with Crippen molar-refractivity contribution in [1.29, 1.82) is 0 Å². The zero-order chi connectivity index (χ0) is 13.2. The highest BCUT2D eigenvalue weighted by atomic mass is 14.9. The Morgan fingerprint density at radius 2 is 1.95 bits per heavy atom. The van der Waals surface area contributed by atoms with E-state index in [-0.39, 0.29) is 0 Å². The van der Waals surface area contributed by atoms with Crippen molar-refractivity contribution in [1.82, 2.24) is 15.3 Å². The maximum atomic E-state index is 4.60. The lowest BCUT2D eigenvalue weighted by atomic mass is 9.97. The van der Waals surface area contributed by atoms with Gasteiger partial charge in [0.25, 0.3) is 0 Å². The molecule has 19 heavy (non-hydrogen) atoms. The molecule has 1 aromatic carbocycles. The average Bonchev–Trinajstić information content (AvgIpc) is 2.89. The number of nitrogens with zero attached hydrogens (tertiary/aromatic N) is 1. The van der Waals surface area contributed by atoms with Gasteiger partial charge in [0.15, 0.2) is 0 Å². The van der Waals surface area contributed by atoms with E-state index >= 15 is 0 Å². The molecule has 0 unspecified atom stereocenters. The van der Waals surface area contributed by atoms with Crippen LogP contribution in [-0.2, 0) is 0 Å². The average molecular weight is 255 g/mol. The lowest BCUT2D eigenvalue weighted by Gasteiger charge is -2.20. The Labute approximate surface area is 114 Å². The van der Waals surface area contributed by atoms with Crippen LogP contribution in [0.4, 0.5) is 0 Å². The molecule has 0 atom stereocenters. The molecule has 2 heterocycles. The van der Waals surface area contributed by atoms with E-state index in [0.29, 0.717) is 5.92 Å². The predicted octanol–water partition coefficient (Wildman–Crippen LogP) is 3.16. The number of aromatic amines is 1. The zero-order valence-corrected chi connectivity index (χ0v) is 11.7. The first-order chi connectivity index (χ1) is 9.24. The van der Waals surface area contributed by atoms with E-state index in [1.807, 2.05) is 6.20 Å². The van der Waals surface area contributed by atoms with Crippen LogP contribution in [0.3, 0.4) is 0 Å². The summed E-state index contributed by atoms with van der Waals surface area (Å²) in [7, 11) is 0. The van der Waals surface area contributed by atoms with Crippen LogP contribution in [0.1, 0.15) is 35.7 Å². The standard InChI is InChI=1S/C16H21N3/c1-11-3-4-14(12(2)9-11)15-10-18-16(19-15)13-5-7-17-8-6-13/h3-4,9-10,13,17H,5-8H2,1-2H3,(H,18,19). The molecule has 1 aliphatic rings. The summed E-state index contributed by atoms with van der Waals surface area (Å²) in [5.74, 6) is 1.73. The molecule has 3 rings (SSSR count). The van der Waals surface area contributed by atoms with Crippen molar-refractivity contribution in [2.75, 3.05) is 13.1 Å². The number of aryl methyl sites for hydroxylation is 2. The van der Waals surface area contributed by atoms with Gasteiger partial charge >= 0.3 is 0 Å². The van der Waals surface area contributed by atoms with Gasteiger partial charge in [0.1, 0.15) is 5.82 Å². The third-order valence-electron chi connectivity index (χ3n) is 3.99. The van der Waals surface area contributed by atoms with E-state index in [4.69, 9.17) is 0 Å². The molecule has 1 saturated heterocycles. The molecule has 1 aromatic heterocycles. The summed E-state index contributed by atoms with van der Waals surface area (Å²) in [5, 5.41) is 3.40. The molecule has 0 spiro atoms. The van der Waals surface area contributed by atoms with Gasteiger partial charge in [-0.25, -0.2) is 4.98 Å². The van der Waals surface area contributed by atoms with E-state index < -0.39 is 0 Å². The quantitative estimate of drug-likeness (QED) is 0.865. The third kappa shape index (κ3) is 2.56. The van der Waals surface area contributed by atoms with Gasteiger partial charge in [-0.05, 0) is 45.3 Å². The van der Waals surface area contributed by atoms with Crippen molar-refractivity contribution in [3.63, 3.8) is 0 Å². The van der Waals surface area contributed by atoms with Crippen LogP contribution in [0.15, 0.2) is 24.4 Å². The Kier molecular flexibility index (Phi) is 3.38. The first-order valence-corrected chi connectivity index (χ1v) is 7.07. The van der Waals surface area contributed by atoms with Gasteiger partial charge in [-0.3, -0.25) is 0 Å². The van der Waals surface area contributed by atoms with Crippen molar-refractivity contribution in [2.24, 2.45) is 0 Å². The first kappa shape index (κ1) is 12.4. The SMILES string of the molecule is Cc1ccc(-c2cnc(C3CCNCC3)[nH]2)c(C)c1. The van der Waals surface area contributed by atoms with Crippen molar-refractivity contribution in [3.05, 3.63) is 41.3 Å². The fourth-order valence-electron chi connectivity index (χ4n) is 2.89. The number of hydrogen-bond acceptors (Lipinski definition) is 2. The molecule has 0 bridgehead atoms. The molecule has 0 saturated carbocycles. The summed E-state index contributed by atoms with van der Waals surface area (Å²) in [6.45, 7) is 6.49. The van der Waals surface area contributed by atoms with Gasteiger partial charge in [0, 0.05) is 11.5 Å². The number of H-pyrrole nitrogens is 1. The molecule has 0 amide bonds. The maximum absolute atomic E-state index is 4.60. The fraction of sp³-hybridized carbons (Fsp3) is 0.438. The van der Waals surface area contributed by atoms with E-state index in [1.165, 1.54) is 29.5 Å². The van der Waals surface area contributed by atoms with E-state index in [0.717, 1.165) is 24.6 Å². The number of piperidine rings is 1. The number of rotatable bonds is 2. The second-order valence-electron chi connectivity index (χ2n) is 5.52. The lowest BCUT2D eigenvalue weighted by molar-refractivity contribution is 0.447. The normalized spacial score (nSPS) is 16.7. The monoisotopic (exact) mass is 255 g/mol. The largest absolute Gasteiger partial charge is 0.342 e. The van der Waals surface area contributed by atoms with Crippen LogP contribution in [0.5, 0.6) is 0 Å². The summed E-state index contributed by atoms with van der Waals surface area (Å²) in [6.07, 6.45) is 4.34. The minimum absolute atomic E-state index is 0.584. The van der Waals surface area contributed by atoms with E-state index in [2.05, 4.69) is 47.3 Å². The third-order valence-corrected chi connectivity index (χ3v) is 3.99. The molecule has 3 heteroatoms. The Morgan fingerprint density at radius 3 is 2.68 bits per heavy atom. The van der Waals surface area contributed by atoms with Crippen molar-refractivity contribution in [3.8, 4) is 11.3 Å². The maximum Gasteiger partial charge on any atom is 0.109 e. The van der Waals surface area contributed by atoms with Crippen molar-refractivity contribution in [2.45, 2.75) is 32.6 Å². The predicted molar refractivity (Wildman–Crippen MR) is 78.3 cm³/mol. The highest BCUT2D eigenvalue weighted by molar-refractivity contribution is 5.63. The Hall–Kier alpha value is -1.61. The summed E-state index contributed by atoms with van der Waals surface area (Å²) in [5.41, 5.74) is 5.02. The van der Waals surface area contributed by atoms with Crippen molar-refractivity contribution < 1.29 is 0 Å². The zero-order valence-electron chi connectivity index (χ0n) is 11.7. The topological polar surface area (TPSA) is 40.7 Å². The Bertz CT molecular complexity index is 565. The van der Waals surface area contributed by atoms with Crippen molar-refractivity contribution >= 4 is 0 Å². The number of aromatic nitrogens is 2. The van der Waals surface area contributed by atoms with E-state index in [1.54, 1.807) is 0 Å². The second kappa shape index (κ2) is 5.17. The highest BCUT2D eigenvalue weighted by Gasteiger charge is 2.18. The molecule has 2 aromatic rings. The summed E-state index contributed by atoms with van der Waals surface area (Å²) >= 11 is 0. The van der Waals surface area contributed by atoms with Gasteiger partial charge in [-0.15, -0.1) is 0 Å². The van der Waals surface area contributed by atoms with Gasteiger partial charge in [0.2, 0.25) is 0 Å². The van der Waals surface area contributed by atoms with Crippen LogP contribution in [-0.4, -0.2) is 23.1 Å². The minimum atomic E-state index is 0.584. The van der Waals surface area contributed by atoms with Gasteiger partial charge in [-0.2, -0.15) is 0 Å². The molecule has 2 N–H and O–H groups in total. The molecule has 0 radical (unpaired) electrons. The second-order valence-corrected chi connectivity index (χ2v) is 5.52. The van der Waals surface area contributed by atoms with Crippen LogP contribution < -0.4 is 5.32 Å².